The lowest BCUT2D eigenvalue weighted by Gasteiger charge is -2.26. The average Bonchev–Trinajstić information content (AvgIpc) is 2.38. The topological polar surface area (TPSA) is 74.7 Å². The van der Waals surface area contributed by atoms with Crippen molar-refractivity contribution in [3.8, 4) is 0 Å². The number of rotatable bonds is 6. The molecule has 0 heterocycles. The second-order valence-corrected chi connectivity index (χ2v) is 7.16. The van der Waals surface area contributed by atoms with Gasteiger partial charge in [-0.2, -0.15) is 4.31 Å². The summed E-state index contributed by atoms with van der Waals surface area (Å²) in [5.74, 6) is -1.17. The highest BCUT2D eigenvalue weighted by Gasteiger charge is 2.27. The Labute approximate surface area is 127 Å². The number of hydrogen-bond acceptors (Lipinski definition) is 3. The zero-order valence-electron chi connectivity index (χ0n) is 11.6. The van der Waals surface area contributed by atoms with Crippen LogP contribution in [0.5, 0.6) is 0 Å². The second kappa shape index (κ2) is 6.69. The highest BCUT2D eigenvalue weighted by atomic mass is 79.9. The van der Waals surface area contributed by atoms with Gasteiger partial charge in [-0.1, -0.05) is 13.8 Å². The van der Waals surface area contributed by atoms with Crippen molar-refractivity contribution >= 4 is 31.9 Å². The van der Waals surface area contributed by atoms with Gasteiger partial charge in [0.15, 0.2) is 0 Å². The first-order valence-electron chi connectivity index (χ1n) is 6.30. The van der Waals surface area contributed by atoms with Crippen LogP contribution in [-0.2, 0) is 10.0 Å². The van der Waals surface area contributed by atoms with Gasteiger partial charge in [0.25, 0.3) is 0 Å². The zero-order chi connectivity index (χ0) is 15.5. The van der Waals surface area contributed by atoms with Gasteiger partial charge in [0, 0.05) is 17.1 Å². The molecule has 20 heavy (non-hydrogen) atoms. The number of carbonyl (C=O) groups is 1. The largest absolute Gasteiger partial charge is 0.478 e. The van der Waals surface area contributed by atoms with Crippen LogP contribution < -0.4 is 0 Å². The molecule has 5 nitrogen and oxygen atoms in total. The van der Waals surface area contributed by atoms with Crippen LogP contribution in [0.25, 0.3) is 0 Å². The molecule has 0 saturated heterocycles. The van der Waals surface area contributed by atoms with Gasteiger partial charge in [-0.05, 0) is 47.5 Å². The summed E-state index contributed by atoms with van der Waals surface area (Å²) in [6.07, 6.45) is 0.690. The van der Waals surface area contributed by atoms with E-state index >= 15 is 0 Å². The van der Waals surface area contributed by atoms with E-state index in [0.717, 1.165) is 0 Å². The smallest absolute Gasteiger partial charge is 0.336 e. The monoisotopic (exact) mass is 363 g/mol. The molecule has 1 atom stereocenters. The highest BCUT2D eigenvalue weighted by Crippen LogP contribution is 2.25. The van der Waals surface area contributed by atoms with E-state index in [1.165, 1.54) is 22.5 Å². The molecule has 7 heteroatoms. The second-order valence-electron chi connectivity index (χ2n) is 4.41. The fourth-order valence-electron chi connectivity index (χ4n) is 1.89. The van der Waals surface area contributed by atoms with Gasteiger partial charge in [-0.25, -0.2) is 13.2 Å². The molecule has 1 rings (SSSR count). The van der Waals surface area contributed by atoms with Gasteiger partial charge in [-0.3, -0.25) is 0 Å². The molecule has 1 N–H and O–H groups in total. The Morgan fingerprint density at radius 1 is 1.40 bits per heavy atom. The van der Waals surface area contributed by atoms with Crippen molar-refractivity contribution in [1.82, 2.24) is 4.31 Å². The number of nitrogens with zero attached hydrogens (tertiary/aromatic N) is 1. The van der Waals surface area contributed by atoms with Gasteiger partial charge in [0.05, 0.1) is 10.5 Å². The van der Waals surface area contributed by atoms with Gasteiger partial charge in [0.1, 0.15) is 0 Å². The van der Waals surface area contributed by atoms with E-state index in [2.05, 4.69) is 15.9 Å². The van der Waals surface area contributed by atoms with Crippen LogP contribution in [0.2, 0.25) is 0 Å². The Morgan fingerprint density at radius 3 is 2.45 bits per heavy atom. The highest BCUT2D eigenvalue weighted by molar-refractivity contribution is 9.10. The van der Waals surface area contributed by atoms with Gasteiger partial charge < -0.3 is 5.11 Å². The molecule has 0 aliphatic heterocycles. The summed E-state index contributed by atoms with van der Waals surface area (Å²) in [5.41, 5.74) is -0.0636. The number of hydrogen-bond donors (Lipinski definition) is 1. The number of carboxylic acids is 1. The lowest BCUT2D eigenvalue weighted by molar-refractivity contribution is 0.0695. The van der Waals surface area contributed by atoms with Crippen molar-refractivity contribution in [2.24, 2.45) is 0 Å². The number of aromatic carboxylic acids is 1. The molecule has 0 aromatic heterocycles. The predicted octanol–water partition coefficient (Wildman–Crippen LogP) is 2.96. The van der Waals surface area contributed by atoms with E-state index in [9.17, 15) is 13.2 Å². The van der Waals surface area contributed by atoms with E-state index in [-0.39, 0.29) is 16.5 Å². The molecule has 1 aromatic carbocycles. The molecule has 0 saturated carbocycles. The third kappa shape index (κ3) is 3.39. The maximum atomic E-state index is 12.6. The summed E-state index contributed by atoms with van der Waals surface area (Å²) in [4.78, 5) is 11.1. The van der Waals surface area contributed by atoms with Gasteiger partial charge >= 0.3 is 5.97 Å². The van der Waals surface area contributed by atoms with Crippen molar-refractivity contribution in [3.63, 3.8) is 0 Å². The van der Waals surface area contributed by atoms with Crippen LogP contribution in [0.1, 0.15) is 37.6 Å². The molecule has 0 radical (unpaired) electrons. The van der Waals surface area contributed by atoms with Crippen LogP contribution in [0.15, 0.2) is 27.6 Å². The Balaban J connectivity index is 3.35. The molecule has 0 aliphatic rings. The summed E-state index contributed by atoms with van der Waals surface area (Å²) in [6, 6.07) is 3.91. The Bertz CT molecular complexity index is 600. The SMILES string of the molecule is CCC(C)N(CC)S(=O)(=O)c1ccc(Br)c(C(=O)O)c1. The minimum atomic E-state index is -3.69. The van der Waals surface area contributed by atoms with E-state index in [1.807, 2.05) is 13.8 Å². The molecule has 0 fully saturated rings. The summed E-state index contributed by atoms with van der Waals surface area (Å²) in [7, 11) is -3.69. The third-order valence-electron chi connectivity index (χ3n) is 3.17. The molecule has 0 spiro atoms. The quantitative estimate of drug-likeness (QED) is 0.842. The van der Waals surface area contributed by atoms with Gasteiger partial charge in [0.2, 0.25) is 10.0 Å². The number of carboxylic acid groups (broad SMARTS) is 1. The Morgan fingerprint density at radius 2 is 2.00 bits per heavy atom. The van der Waals surface area contributed by atoms with Crippen molar-refractivity contribution in [2.75, 3.05) is 6.54 Å². The van der Waals surface area contributed by atoms with Crippen molar-refractivity contribution in [2.45, 2.75) is 38.1 Å². The first-order valence-corrected chi connectivity index (χ1v) is 8.53. The van der Waals surface area contributed by atoms with Crippen LogP contribution in [0.3, 0.4) is 0 Å². The lowest BCUT2D eigenvalue weighted by atomic mass is 10.2. The molecule has 112 valence electrons. The van der Waals surface area contributed by atoms with E-state index < -0.39 is 16.0 Å². The van der Waals surface area contributed by atoms with Crippen LogP contribution >= 0.6 is 15.9 Å². The summed E-state index contributed by atoms with van der Waals surface area (Å²) in [5, 5.41) is 9.07. The molecule has 0 bridgehead atoms. The lowest BCUT2D eigenvalue weighted by Crippen LogP contribution is -2.38. The summed E-state index contributed by atoms with van der Waals surface area (Å²) in [6.45, 7) is 5.85. The minimum Gasteiger partial charge on any atom is -0.478 e. The van der Waals surface area contributed by atoms with Gasteiger partial charge in [-0.15, -0.1) is 0 Å². The van der Waals surface area contributed by atoms with E-state index in [4.69, 9.17) is 5.11 Å². The summed E-state index contributed by atoms with van der Waals surface area (Å²) >= 11 is 3.11. The Hall–Kier alpha value is -0.920. The first-order chi connectivity index (χ1) is 9.25. The Kier molecular flexibility index (Phi) is 5.73. The van der Waals surface area contributed by atoms with E-state index in [1.54, 1.807) is 6.92 Å². The molecular weight excluding hydrogens is 346 g/mol. The predicted molar refractivity (Wildman–Crippen MR) is 80.4 cm³/mol. The third-order valence-corrected chi connectivity index (χ3v) is 5.95. The van der Waals surface area contributed by atoms with Crippen LogP contribution in [0, 0.1) is 0 Å². The summed E-state index contributed by atoms with van der Waals surface area (Å²) < 4.78 is 26.9. The molecule has 0 aliphatic carbocycles. The minimum absolute atomic E-state index is 0.000231. The maximum Gasteiger partial charge on any atom is 0.336 e. The number of benzene rings is 1. The average molecular weight is 364 g/mol. The molecule has 0 amide bonds. The fraction of sp³-hybridized carbons (Fsp3) is 0.462. The fourth-order valence-corrected chi connectivity index (χ4v) is 4.04. The van der Waals surface area contributed by atoms with Crippen LogP contribution in [-0.4, -0.2) is 36.4 Å². The maximum absolute atomic E-state index is 12.6. The van der Waals surface area contributed by atoms with E-state index in [0.29, 0.717) is 17.4 Å². The first kappa shape index (κ1) is 17.1. The standard InChI is InChI=1S/C13H18BrNO4S/c1-4-9(3)15(5-2)20(18,19)10-6-7-12(14)11(8-10)13(16)17/h6-9H,4-5H2,1-3H3,(H,16,17). The molecular formula is C13H18BrNO4S. The molecule has 1 aromatic rings. The van der Waals surface area contributed by atoms with Crippen molar-refractivity contribution in [1.29, 1.82) is 0 Å². The zero-order valence-corrected chi connectivity index (χ0v) is 14.0. The number of sulfonamides is 1. The normalized spacial score (nSPS) is 13.4. The van der Waals surface area contributed by atoms with Crippen molar-refractivity contribution in [3.05, 3.63) is 28.2 Å². The molecule has 1 unspecified atom stereocenters. The van der Waals surface area contributed by atoms with Crippen LogP contribution in [0.4, 0.5) is 0 Å². The number of halogens is 1. The van der Waals surface area contributed by atoms with Crippen molar-refractivity contribution < 1.29 is 18.3 Å².